The predicted octanol–water partition coefficient (Wildman–Crippen LogP) is 0.797. The molecule has 0 saturated carbocycles. The number of primary amides is 1. The molecule has 1 unspecified atom stereocenters. The van der Waals surface area contributed by atoms with Gasteiger partial charge in [0, 0.05) is 5.41 Å². The largest absolute Gasteiger partial charge is 0.368 e. The molecule has 2 N–H and O–H groups in total. The van der Waals surface area contributed by atoms with Crippen LogP contribution in [-0.4, -0.2) is 35.7 Å². The third-order valence-corrected chi connectivity index (χ3v) is 2.43. The van der Waals surface area contributed by atoms with Crippen LogP contribution in [0, 0.1) is 5.41 Å². The Kier molecular flexibility index (Phi) is 4.94. The normalized spacial score (nSPS) is 14.0. The highest BCUT2D eigenvalue weighted by Gasteiger charge is 2.36. The van der Waals surface area contributed by atoms with Crippen LogP contribution in [0.1, 0.15) is 34.6 Å². The standard InChI is InChI=1S/C11H22N2O2/c1-6-13(7-2)8(10(12)15)9(14)11(3,4)5/h8H,6-7H2,1-5H3,(H2,12,15). The molecular formula is C11H22N2O2. The zero-order valence-electron chi connectivity index (χ0n) is 10.3. The van der Waals surface area contributed by atoms with Gasteiger partial charge in [-0.15, -0.1) is 0 Å². The average Bonchev–Trinajstić information content (AvgIpc) is 2.10. The van der Waals surface area contributed by atoms with Crippen LogP contribution in [0.2, 0.25) is 0 Å². The predicted molar refractivity (Wildman–Crippen MR) is 60.4 cm³/mol. The molecule has 0 aliphatic heterocycles. The first-order valence-corrected chi connectivity index (χ1v) is 5.33. The molecule has 0 aliphatic carbocycles. The number of carbonyl (C=O) groups is 2. The van der Waals surface area contributed by atoms with Gasteiger partial charge in [-0.05, 0) is 13.1 Å². The Hall–Kier alpha value is -0.900. The number of likely N-dealkylation sites (N-methyl/N-ethyl adjacent to an activating group) is 1. The van der Waals surface area contributed by atoms with E-state index in [-0.39, 0.29) is 5.78 Å². The lowest BCUT2D eigenvalue weighted by Gasteiger charge is -2.30. The van der Waals surface area contributed by atoms with Crippen LogP contribution in [0.5, 0.6) is 0 Å². The van der Waals surface area contributed by atoms with E-state index in [1.165, 1.54) is 0 Å². The van der Waals surface area contributed by atoms with Crippen LogP contribution in [0.3, 0.4) is 0 Å². The van der Waals surface area contributed by atoms with Gasteiger partial charge in [0.05, 0.1) is 0 Å². The molecule has 0 aliphatic rings. The minimum absolute atomic E-state index is 0.112. The van der Waals surface area contributed by atoms with Gasteiger partial charge in [0.25, 0.3) is 0 Å². The van der Waals surface area contributed by atoms with Gasteiger partial charge < -0.3 is 5.73 Å². The highest BCUT2D eigenvalue weighted by atomic mass is 16.2. The number of nitrogens with zero attached hydrogens (tertiary/aromatic N) is 1. The Morgan fingerprint density at radius 3 is 1.80 bits per heavy atom. The van der Waals surface area contributed by atoms with Crippen molar-refractivity contribution in [1.82, 2.24) is 4.90 Å². The Morgan fingerprint density at radius 2 is 1.60 bits per heavy atom. The van der Waals surface area contributed by atoms with Crippen LogP contribution in [0.15, 0.2) is 0 Å². The van der Waals surface area contributed by atoms with Crippen LogP contribution in [0.25, 0.3) is 0 Å². The van der Waals surface area contributed by atoms with Crippen molar-refractivity contribution in [2.24, 2.45) is 11.1 Å². The number of Topliss-reactive ketones (excluding diaryl/α,β-unsaturated/α-hetero) is 1. The van der Waals surface area contributed by atoms with E-state index in [0.29, 0.717) is 13.1 Å². The van der Waals surface area contributed by atoms with Gasteiger partial charge in [-0.2, -0.15) is 0 Å². The highest BCUT2D eigenvalue weighted by molar-refractivity contribution is 6.06. The fourth-order valence-corrected chi connectivity index (χ4v) is 1.47. The van der Waals surface area contributed by atoms with Crippen molar-refractivity contribution < 1.29 is 9.59 Å². The van der Waals surface area contributed by atoms with Gasteiger partial charge in [-0.1, -0.05) is 34.6 Å². The van der Waals surface area contributed by atoms with E-state index < -0.39 is 17.4 Å². The maximum absolute atomic E-state index is 12.0. The van der Waals surface area contributed by atoms with Gasteiger partial charge in [0.15, 0.2) is 5.78 Å². The summed E-state index contributed by atoms with van der Waals surface area (Å²) in [5, 5.41) is 0. The molecule has 0 heterocycles. The van der Waals surface area contributed by atoms with Gasteiger partial charge in [0.1, 0.15) is 6.04 Å². The molecule has 0 aromatic rings. The molecule has 0 aromatic heterocycles. The minimum Gasteiger partial charge on any atom is -0.368 e. The lowest BCUT2D eigenvalue weighted by molar-refractivity contribution is -0.139. The number of nitrogens with two attached hydrogens (primary N) is 1. The molecule has 0 spiro atoms. The van der Waals surface area contributed by atoms with E-state index in [4.69, 9.17) is 5.73 Å². The smallest absolute Gasteiger partial charge is 0.242 e. The van der Waals surface area contributed by atoms with E-state index in [1.54, 1.807) is 25.7 Å². The fraction of sp³-hybridized carbons (Fsp3) is 0.818. The molecule has 0 bridgehead atoms. The van der Waals surface area contributed by atoms with Crippen molar-refractivity contribution in [2.75, 3.05) is 13.1 Å². The molecule has 0 saturated heterocycles. The first-order chi connectivity index (χ1) is 6.75. The maximum atomic E-state index is 12.0. The monoisotopic (exact) mass is 214 g/mol. The number of rotatable bonds is 5. The zero-order valence-corrected chi connectivity index (χ0v) is 10.3. The summed E-state index contributed by atoms with van der Waals surface area (Å²) in [5.41, 5.74) is 4.75. The summed E-state index contributed by atoms with van der Waals surface area (Å²) in [6.45, 7) is 10.5. The van der Waals surface area contributed by atoms with Crippen molar-refractivity contribution in [3.8, 4) is 0 Å². The van der Waals surface area contributed by atoms with E-state index >= 15 is 0 Å². The second kappa shape index (κ2) is 5.26. The average molecular weight is 214 g/mol. The highest BCUT2D eigenvalue weighted by Crippen LogP contribution is 2.19. The molecule has 1 amide bonds. The summed E-state index contributed by atoms with van der Waals surface area (Å²) in [5.74, 6) is -0.669. The van der Waals surface area contributed by atoms with Gasteiger partial charge >= 0.3 is 0 Å². The number of carbonyl (C=O) groups excluding carboxylic acids is 2. The van der Waals surface area contributed by atoms with Crippen LogP contribution in [0.4, 0.5) is 0 Å². The van der Waals surface area contributed by atoms with Crippen LogP contribution in [-0.2, 0) is 9.59 Å². The second-order valence-electron chi connectivity index (χ2n) is 4.64. The van der Waals surface area contributed by atoms with Crippen molar-refractivity contribution in [3.63, 3.8) is 0 Å². The second-order valence-corrected chi connectivity index (χ2v) is 4.64. The molecule has 4 nitrogen and oxygen atoms in total. The Morgan fingerprint density at radius 1 is 1.20 bits per heavy atom. The van der Waals surface area contributed by atoms with Crippen molar-refractivity contribution in [1.29, 1.82) is 0 Å². The summed E-state index contributed by atoms with van der Waals surface area (Å²) < 4.78 is 0. The Balaban J connectivity index is 4.98. The molecule has 4 heteroatoms. The van der Waals surface area contributed by atoms with E-state index in [0.717, 1.165) is 0 Å². The molecule has 1 atom stereocenters. The van der Waals surface area contributed by atoms with Crippen molar-refractivity contribution >= 4 is 11.7 Å². The summed E-state index contributed by atoms with van der Waals surface area (Å²) >= 11 is 0. The number of ketones is 1. The topological polar surface area (TPSA) is 63.4 Å². The zero-order chi connectivity index (χ0) is 12.2. The van der Waals surface area contributed by atoms with Crippen LogP contribution >= 0.6 is 0 Å². The summed E-state index contributed by atoms with van der Waals surface area (Å²) in [6.07, 6.45) is 0. The summed E-state index contributed by atoms with van der Waals surface area (Å²) in [6, 6.07) is -0.792. The quantitative estimate of drug-likeness (QED) is 0.688. The Bertz CT molecular complexity index is 239. The van der Waals surface area contributed by atoms with Gasteiger partial charge in [-0.25, -0.2) is 0 Å². The van der Waals surface area contributed by atoms with Crippen molar-refractivity contribution in [3.05, 3.63) is 0 Å². The molecule has 0 aromatic carbocycles. The number of hydrogen-bond acceptors (Lipinski definition) is 3. The Labute approximate surface area is 91.8 Å². The SMILES string of the molecule is CCN(CC)C(C(N)=O)C(=O)C(C)(C)C. The lowest BCUT2D eigenvalue weighted by atomic mass is 9.85. The third-order valence-electron chi connectivity index (χ3n) is 2.43. The molecular weight excluding hydrogens is 192 g/mol. The minimum atomic E-state index is -0.792. The molecule has 0 radical (unpaired) electrons. The first kappa shape index (κ1) is 14.1. The summed E-state index contributed by atoms with van der Waals surface area (Å²) in [7, 11) is 0. The molecule has 0 fully saturated rings. The van der Waals surface area contributed by atoms with E-state index in [1.807, 2.05) is 13.8 Å². The number of hydrogen-bond donors (Lipinski definition) is 1. The first-order valence-electron chi connectivity index (χ1n) is 5.33. The maximum Gasteiger partial charge on any atom is 0.242 e. The van der Waals surface area contributed by atoms with Gasteiger partial charge in [-0.3, -0.25) is 14.5 Å². The van der Waals surface area contributed by atoms with E-state index in [9.17, 15) is 9.59 Å². The molecule has 0 rings (SSSR count). The van der Waals surface area contributed by atoms with Crippen molar-refractivity contribution in [2.45, 2.75) is 40.7 Å². The lowest BCUT2D eigenvalue weighted by Crippen LogP contribution is -2.53. The molecule has 88 valence electrons. The van der Waals surface area contributed by atoms with Gasteiger partial charge in [0.2, 0.25) is 5.91 Å². The van der Waals surface area contributed by atoms with E-state index in [2.05, 4.69) is 0 Å². The third kappa shape index (κ3) is 3.63. The fourth-order valence-electron chi connectivity index (χ4n) is 1.47. The molecule has 15 heavy (non-hydrogen) atoms. The summed E-state index contributed by atoms with van der Waals surface area (Å²) in [4.78, 5) is 25.1. The van der Waals surface area contributed by atoms with Crippen LogP contribution < -0.4 is 5.73 Å². The number of amides is 1.